The Kier molecular flexibility index (Phi) is 6.09. The first kappa shape index (κ1) is 18.2. The molecule has 1 N–H and O–H groups in total. The third-order valence-electron chi connectivity index (χ3n) is 3.30. The van der Waals surface area contributed by atoms with Crippen LogP contribution < -0.4 is 10.2 Å². The molecule has 3 rings (SSSR count). The van der Waals surface area contributed by atoms with E-state index in [0.29, 0.717) is 22.3 Å². The smallest absolute Gasteiger partial charge is 0.277 e. The Morgan fingerprint density at radius 3 is 2.77 bits per heavy atom. The summed E-state index contributed by atoms with van der Waals surface area (Å²) in [4.78, 5) is 11.7. The van der Waals surface area contributed by atoms with Gasteiger partial charge in [-0.25, -0.2) is 5.43 Å². The molecule has 1 aromatic heterocycles. The fourth-order valence-corrected chi connectivity index (χ4v) is 2.60. The number of furan rings is 1. The normalized spacial score (nSPS) is 10.8. The van der Waals surface area contributed by atoms with E-state index in [4.69, 9.17) is 20.8 Å². The van der Waals surface area contributed by atoms with E-state index in [0.717, 1.165) is 10.0 Å². The number of halogens is 2. The highest BCUT2D eigenvalue weighted by atomic mass is 79.9. The molecule has 0 bridgehead atoms. The largest absolute Gasteiger partial charge is 0.484 e. The summed E-state index contributed by atoms with van der Waals surface area (Å²) < 4.78 is 11.9. The first-order chi connectivity index (χ1) is 12.6. The van der Waals surface area contributed by atoms with Crippen LogP contribution in [-0.2, 0) is 4.79 Å². The molecule has 26 heavy (non-hydrogen) atoms. The van der Waals surface area contributed by atoms with Gasteiger partial charge in [-0.05, 0) is 54.6 Å². The third-order valence-corrected chi connectivity index (χ3v) is 4.05. The molecule has 0 unspecified atom stereocenters. The van der Waals surface area contributed by atoms with Crippen LogP contribution in [0.4, 0.5) is 0 Å². The van der Waals surface area contributed by atoms with Crippen molar-refractivity contribution in [2.24, 2.45) is 5.10 Å². The van der Waals surface area contributed by atoms with Crippen molar-refractivity contribution >= 4 is 39.7 Å². The van der Waals surface area contributed by atoms with Crippen molar-refractivity contribution in [1.29, 1.82) is 0 Å². The van der Waals surface area contributed by atoms with E-state index >= 15 is 0 Å². The van der Waals surface area contributed by atoms with E-state index < -0.39 is 0 Å². The van der Waals surface area contributed by atoms with Gasteiger partial charge >= 0.3 is 0 Å². The fourth-order valence-electron chi connectivity index (χ4n) is 2.10. The van der Waals surface area contributed by atoms with Crippen molar-refractivity contribution in [3.05, 3.63) is 75.9 Å². The van der Waals surface area contributed by atoms with Crippen molar-refractivity contribution in [2.75, 3.05) is 6.61 Å². The molecule has 0 saturated heterocycles. The Morgan fingerprint density at radius 2 is 2.00 bits per heavy atom. The quantitative estimate of drug-likeness (QED) is 0.444. The average Bonchev–Trinajstić information content (AvgIpc) is 3.09. The minimum Gasteiger partial charge on any atom is -0.484 e. The molecule has 7 heteroatoms. The lowest BCUT2D eigenvalue weighted by atomic mass is 10.2. The number of rotatable bonds is 6. The van der Waals surface area contributed by atoms with Crippen LogP contribution in [0.1, 0.15) is 5.76 Å². The molecule has 0 aliphatic rings. The summed E-state index contributed by atoms with van der Waals surface area (Å²) in [6.07, 6.45) is 1.43. The second-order valence-corrected chi connectivity index (χ2v) is 6.60. The predicted molar refractivity (Wildman–Crippen MR) is 105 cm³/mol. The molecular weight excluding hydrogens is 420 g/mol. The standard InChI is InChI=1S/C19H14BrClN2O3/c20-14-2-1-3-16(10-14)25-12-19(24)23-22-11-17-8-9-18(26-17)13-4-6-15(21)7-5-13/h1-11H,12H2,(H,23,24). The second-order valence-electron chi connectivity index (χ2n) is 5.25. The predicted octanol–water partition coefficient (Wildman–Crippen LogP) is 4.89. The molecule has 1 amide bonds. The van der Waals surface area contributed by atoms with Gasteiger partial charge in [0.2, 0.25) is 0 Å². The minimum absolute atomic E-state index is 0.137. The van der Waals surface area contributed by atoms with Crippen LogP contribution in [-0.4, -0.2) is 18.7 Å². The summed E-state index contributed by atoms with van der Waals surface area (Å²) in [5, 5.41) is 4.53. The molecule has 0 atom stereocenters. The Bertz CT molecular complexity index is 923. The number of nitrogens with one attached hydrogen (secondary N) is 1. The first-order valence-electron chi connectivity index (χ1n) is 7.66. The third kappa shape index (κ3) is 5.21. The second kappa shape index (κ2) is 8.69. The summed E-state index contributed by atoms with van der Waals surface area (Å²) in [7, 11) is 0. The summed E-state index contributed by atoms with van der Waals surface area (Å²) in [6, 6.07) is 18.1. The average molecular weight is 434 g/mol. The number of amides is 1. The maximum Gasteiger partial charge on any atom is 0.277 e. The van der Waals surface area contributed by atoms with Gasteiger partial charge in [-0.15, -0.1) is 0 Å². The maximum atomic E-state index is 11.7. The van der Waals surface area contributed by atoms with Crippen LogP contribution in [0.5, 0.6) is 5.75 Å². The molecule has 2 aromatic carbocycles. The van der Waals surface area contributed by atoms with Crippen molar-refractivity contribution in [3.63, 3.8) is 0 Å². The van der Waals surface area contributed by atoms with E-state index in [1.165, 1.54) is 6.21 Å². The summed E-state index contributed by atoms with van der Waals surface area (Å²) in [6.45, 7) is -0.137. The molecule has 0 saturated carbocycles. The van der Waals surface area contributed by atoms with Crippen molar-refractivity contribution in [2.45, 2.75) is 0 Å². The summed E-state index contributed by atoms with van der Waals surface area (Å²) >= 11 is 9.21. The number of hydrogen-bond donors (Lipinski definition) is 1. The Labute approximate surface area is 163 Å². The summed E-state index contributed by atoms with van der Waals surface area (Å²) in [5.41, 5.74) is 3.29. The minimum atomic E-state index is -0.370. The lowest BCUT2D eigenvalue weighted by Gasteiger charge is -2.04. The number of carbonyl (C=O) groups excluding carboxylic acids is 1. The van der Waals surface area contributed by atoms with Crippen LogP contribution in [0.2, 0.25) is 5.02 Å². The topological polar surface area (TPSA) is 63.8 Å². The molecule has 0 radical (unpaired) electrons. The molecular formula is C19H14BrClN2O3. The van der Waals surface area contributed by atoms with Gasteiger partial charge in [0.15, 0.2) is 6.61 Å². The molecule has 5 nitrogen and oxygen atoms in total. The van der Waals surface area contributed by atoms with Gasteiger partial charge in [-0.2, -0.15) is 5.10 Å². The van der Waals surface area contributed by atoms with Crippen LogP contribution in [0.3, 0.4) is 0 Å². The van der Waals surface area contributed by atoms with Crippen LogP contribution >= 0.6 is 27.5 Å². The van der Waals surface area contributed by atoms with Crippen molar-refractivity contribution < 1.29 is 13.9 Å². The number of hydrogen-bond acceptors (Lipinski definition) is 4. The lowest BCUT2D eigenvalue weighted by Crippen LogP contribution is -2.24. The highest BCUT2D eigenvalue weighted by Gasteiger charge is 2.04. The van der Waals surface area contributed by atoms with Crippen molar-refractivity contribution in [3.8, 4) is 17.1 Å². The monoisotopic (exact) mass is 432 g/mol. The number of ether oxygens (including phenoxy) is 1. The van der Waals surface area contributed by atoms with Crippen LogP contribution in [0.25, 0.3) is 11.3 Å². The van der Waals surface area contributed by atoms with E-state index in [2.05, 4.69) is 26.5 Å². The number of carbonyl (C=O) groups is 1. The Hall–Kier alpha value is -2.57. The number of hydrazone groups is 1. The van der Waals surface area contributed by atoms with Gasteiger partial charge in [0, 0.05) is 15.1 Å². The van der Waals surface area contributed by atoms with E-state index in [-0.39, 0.29) is 12.5 Å². The summed E-state index contributed by atoms with van der Waals surface area (Å²) in [5.74, 6) is 1.43. The maximum absolute atomic E-state index is 11.7. The zero-order chi connectivity index (χ0) is 18.4. The molecule has 3 aromatic rings. The zero-order valence-electron chi connectivity index (χ0n) is 13.5. The van der Waals surface area contributed by atoms with E-state index in [1.807, 2.05) is 30.3 Å². The number of benzene rings is 2. The lowest BCUT2D eigenvalue weighted by molar-refractivity contribution is -0.123. The van der Waals surface area contributed by atoms with Gasteiger partial charge in [0.05, 0.1) is 6.21 Å². The fraction of sp³-hybridized carbons (Fsp3) is 0.0526. The van der Waals surface area contributed by atoms with Crippen LogP contribution in [0.15, 0.2) is 74.7 Å². The Balaban J connectivity index is 1.50. The molecule has 0 aliphatic carbocycles. The highest BCUT2D eigenvalue weighted by molar-refractivity contribution is 9.10. The van der Waals surface area contributed by atoms with E-state index in [1.54, 1.807) is 30.3 Å². The highest BCUT2D eigenvalue weighted by Crippen LogP contribution is 2.23. The van der Waals surface area contributed by atoms with Crippen molar-refractivity contribution in [1.82, 2.24) is 5.43 Å². The number of nitrogens with zero attached hydrogens (tertiary/aromatic N) is 1. The van der Waals surface area contributed by atoms with Gasteiger partial charge in [-0.1, -0.05) is 33.6 Å². The molecule has 0 aliphatic heterocycles. The van der Waals surface area contributed by atoms with E-state index in [9.17, 15) is 4.79 Å². The van der Waals surface area contributed by atoms with Crippen LogP contribution in [0, 0.1) is 0 Å². The molecule has 1 heterocycles. The molecule has 132 valence electrons. The molecule has 0 fully saturated rings. The van der Waals surface area contributed by atoms with Gasteiger partial charge in [0.1, 0.15) is 17.3 Å². The van der Waals surface area contributed by atoms with Gasteiger partial charge in [-0.3, -0.25) is 4.79 Å². The van der Waals surface area contributed by atoms with Gasteiger partial charge < -0.3 is 9.15 Å². The van der Waals surface area contributed by atoms with Gasteiger partial charge in [0.25, 0.3) is 5.91 Å². The SMILES string of the molecule is O=C(COc1cccc(Br)c1)NN=Cc1ccc(-c2ccc(Cl)cc2)o1. The zero-order valence-corrected chi connectivity index (χ0v) is 15.8. The molecule has 0 spiro atoms. The Morgan fingerprint density at radius 1 is 1.19 bits per heavy atom. The first-order valence-corrected chi connectivity index (χ1v) is 8.83.